The molecule has 222 valence electrons. The first kappa shape index (κ1) is 28.6. The maximum atomic E-state index is 14.7. The summed E-state index contributed by atoms with van der Waals surface area (Å²) in [6, 6.07) is 0. The first-order valence-corrected chi connectivity index (χ1v) is 15.6. The molecule has 8 nitrogen and oxygen atoms in total. The van der Waals surface area contributed by atoms with Crippen LogP contribution in [0.3, 0.4) is 0 Å². The monoisotopic (exact) mass is 561 g/mol. The summed E-state index contributed by atoms with van der Waals surface area (Å²) in [5, 5.41) is 34.2. The van der Waals surface area contributed by atoms with Crippen molar-refractivity contribution >= 4 is 5.78 Å². The summed E-state index contributed by atoms with van der Waals surface area (Å²) in [6.45, 7) is 24.0. The Morgan fingerprint density at radius 1 is 1.07 bits per heavy atom. The molecule has 0 aromatic carbocycles. The molecule has 0 spiro atoms. The largest absolute Gasteiger partial charge is 0.523 e. The Hall–Kier alpha value is -2.53. The minimum absolute atomic E-state index is 0.0386. The van der Waals surface area contributed by atoms with Crippen LogP contribution in [-0.2, 0) is 16.8 Å². The van der Waals surface area contributed by atoms with Crippen molar-refractivity contribution in [2.45, 2.75) is 112 Å². The van der Waals surface area contributed by atoms with E-state index in [0.717, 1.165) is 50.8 Å². The lowest BCUT2D eigenvalue weighted by atomic mass is 9.34. The fraction of sp³-hybridized carbons (Fsp3) is 0.788. The van der Waals surface area contributed by atoms with Crippen molar-refractivity contribution in [2.24, 2.45) is 44.8 Å². The van der Waals surface area contributed by atoms with Crippen molar-refractivity contribution in [1.82, 2.24) is 20.2 Å². The van der Waals surface area contributed by atoms with Crippen LogP contribution in [0.15, 0.2) is 23.1 Å². The lowest BCUT2D eigenvalue weighted by Gasteiger charge is -2.69. The molecule has 0 unspecified atom stereocenters. The van der Waals surface area contributed by atoms with Gasteiger partial charge in [0.1, 0.15) is 5.76 Å². The maximum Gasteiger partial charge on any atom is 0.203 e. The van der Waals surface area contributed by atoms with E-state index in [-0.39, 0.29) is 63.0 Å². The molecule has 7 atom stereocenters. The molecule has 0 bridgehead atoms. The number of allylic oxidation sites excluding steroid dienone is 4. The summed E-state index contributed by atoms with van der Waals surface area (Å²) in [4.78, 5) is 20.0. The lowest BCUT2D eigenvalue weighted by molar-refractivity contribution is -0.161. The zero-order valence-electron chi connectivity index (χ0n) is 25.9. The molecule has 3 saturated carbocycles. The first-order valence-electron chi connectivity index (χ1n) is 15.6. The van der Waals surface area contributed by atoms with E-state index >= 15 is 0 Å². The first-order chi connectivity index (χ1) is 19.1. The van der Waals surface area contributed by atoms with Crippen molar-refractivity contribution in [2.75, 3.05) is 6.61 Å². The Balaban J connectivity index is 1.50. The van der Waals surface area contributed by atoms with Gasteiger partial charge in [-0.15, -0.1) is 10.2 Å². The quantitative estimate of drug-likeness (QED) is 0.426. The van der Waals surface area contributed by atoms with Crippen LogP contribution in [0, 0.1) is 51.4 Å². The number of carbonyl (C=O) groups excluding carboxylic acids is 1. The number of fused-ring (bicyclic) bond motifs is 7. The Labute approximate surface area is 244 Å². The molecule has 41 heavy (non-hydrogen) atoms. The number of aliphatic hydroxyl groups excluding tert-OH is 2. The van der Waals surface area contributed by atoms with Gasteiger partial charge in [-0.25, -0.2) is 4.85 Å². The Bertz CT molecular complexity index is 1400. The number of nitrogens with zero attached hydrogens (tertiary/aromatic N) is 5. The molecule has 6 rings (SSSR count). The summed E-state index contributed by atoms with van der Waals surface area (Å²) in [7, 11) is 0. The molecule has 8 heteroatoms. The third-order valence-corrected chi connectivity index (χ3v) is 13.3. The molecule has 1 aromatic heterocycles. The summed E-state index contributed by atoms with van der Waals surface area (Å²) < 4.78 is 0. The Morgan fingerprint density at radius 3 is 2.46 bits per heavy atom. The number of aromatic nitrogens is 4. The summed E-state index contributed by atoms with van der Waals surface area (Å²) in [6.07, 6.45) is 9.19. The molecule has 5 aliphatic rings. The second kappa shape index (κ2) is 8.75. The standard InChI is InChI=1S/C33H47N5O3/c1-28(2)11-13-33(27-35-37-38(36-27)15-16-39)14-12-32(7)25(20(33)18-28)22(40)17-24-30(5)19-21(34-8)26(41)29(3,4)23(30)9-10-31(24,32)6/h17,20,23,25,39,41H,9-16,18-19H2,1-7H3/t20-,23-,25-,30-,31+,32+,33-/m0/s1. The summed E-state index contributed by atoms with van der Waals surface area (Å²) in [5.41, 5.74) is 0.165. The normalized spacial score (nSPS) is 42.8. The second-order valence-corrected chi connectivity index (χ2v) is 16.1. The van der Waals surface area contributed by atoms with Crippen LogP contribution >= 0.6 is 0 Å². The zero-order chi connectivity index (χ0) is 29.8. The number of tetrazole rings is 1. The van der Waals surface area contributed by atoms with Gasteiger partial charge in [-0.2, -0.15) is 4.80 Å². The summed E-state index contributed by atoms with van der Waals surface area (Å²) >= 11 is 0. The minimum Gasteiger partial charge on any atom is -0.523 e. The molecule has 0 amide bonds. The van der Waals surface area contributed by atoms with E-state index < -0.39 is 5.41 Å². The average Bonchev–Trinajstić information content (AvgIpc) is 3.37. The SMILES string of the molecule is [C-]#[N+]C1=C(O)C(C)(C)[C@@H]2CC[C@]3(C)C(=CC(=O)[C@@H]4[C@@H]5CC(C)(C)CC[C@]5(c5nnn(CCO)n5)CC[C@]43C)[C@@]2(C)C1. The van der Waals surface area contributed by atoms with Crippen LogP contribution in [-0.4, -0.2) is 42.8 Å². The van der Waals surface area contributed by atoms with Crippen LogP contribution in [0.25, 0.3) is 4.85 Å². The van der Waals surface area contributed by atoms with Crippen LogP contribution in [0.4, 0.5) is 0 Å². The van der Waals surface area contributed by atoms with E-state index in [2.05, 4.69) is 63.6 Å². The number of hydrogen-bond donors (Lipinski definition) is 2. The van der Waals surface area contributed by atoms with Gasteiger partial charge in [0.25, 0.3) is 0 Å². The molecule has 0 aliphatic heterocycles. The highest BCUT2D eigenvalue weighted by Gasteiger charge is 2.70. The van der Waals surface area contributed by atoms with Crippen LogP contribution in [0.1, 0.15) is 106 Å². The molecule has 0 saturated heterocycles. The van der Waals surface area contributed by atoms with E-state index in [1.165, 1.54) is 10.4 Å². The number of hydrogen-bond acceptors (Lipinski definition) is 6. The van der Waals surface area contributed by atoms with Gasteiger partial charge < -0.3 is 10.2 Å². The topological polar surface area (TPSA) is 105 Å². The molecule has 1 heterocycles. The Kier molecular flexibility index (Phi) is 6.10. The fourth-order valence-corrected chi connectivity index (χ4v) is 10.9. The number of aliphatic hydroxyl groups is 2. The zero-order valence-corrected chi connectivity index (χ0v) is 25.9. The van der Waals surface area contributed by atoms with Crippen LogP contribution in [0.5, 0.6) is 0 Å². The third kappa shape index (κ3) is 3.60. The van der Waals surface area contributed by atoms with Crippen LogP contribution < -0.4 is 0 Å². The maximum absolute atomic E-state index is 14.7. The average molecular weight is 562 g/mol. The molecule has 3 fully saturated rings. The number of rotatable bonds is 3. The van der Waals surface area contributed by atoms with Crippen LogP contribution in [0.2, 0.25) is 0 Å². The molecular formula is C33H47N5O3. The highest BCUT2D eigenvalue weighted by atomic mass is 16.3. The van der Waals surface area contributed by atoms with Gasteiger partial charge in [-0.1, -0.05) is 54.0 Å². The predicted octanol–water partition coefficient (Wildman–Crippen LogP) is 6.20. The summed E-state index contributed by atoms with van der Waals surface area (Å²) in [5.74, 6) is 1.32. The van der Waals surface area contributed by atoms with E-state index in [4.69, 9.17) is 11.7 Å². The van der Waals surface area contributed by atoms with Crippen molar-refractivity contribution in [3.63, 3.8) is 0 Å². The molecule has 2 N–H and O–H groups in total. The Morgan fingerprint density at radius 2 is 1.78 bits per heavy atom. The highest BCUT2D eigenvalue weighted by molar-refractivity contribution is 5.95. The van der Waals surface area contributed by atoms with Gasteiger partial charge in [0.2, 0.25) is 5.70 Å². The van der Waals surface area contributed by atoms with E-state index in [1.807, 2.05) is 6.08 Å². The number of ketones is 1. The van der Waals surface area contributed by atoms with Gasteiger partial charge in [0.15, 0.2) is 11.6 Å². The van der Waals surface area contributed by atoms with E-state index in [9.17, 15) is 15.0 Å². The molecule has 0 radical (unpaired) electrons. The van der Waals surface area contributed by atoms with Crippen molar-refractivity contribution < 1.29 is 15.0 Å². The van der Waals surface area contributed by atoms with Gasteiger partial charge in [0.05, 0.1) is 19.7 Å². The van der Waals surface area contributed by atoms with Crippen molar-refractivity contribution in [3.05, 3.63) is 40.3 Å². The van der Waals surface area contributed by atoms with Crippen molar-refractivity contribution in [1.29, 1.82) is 0 Å². The van der Waals surface area contributed by atoms with Crippen molar-refractivity contribution in [3.8, 4) is 0 Å². The molecule has 1 aromatic rings. The lowest BCUT2D eigenvalue weighted by Crippen LogP contribution is -2.65. The third-order valence-electron chi connectivity index (χ3n) is 13.3. The molecule has 5 aliphatic carbocycles. The van der Waals surface area contributed by atoms with Gasteiger partial charge in [-0.05, 0) is 96.2 Å². The van der Waals surface area contributed by atoms with E-state index in [0.29, 0.717) is 18.7 Å². The molecular weight excluding hydrogens is 514 g/mol. The smallest absolute Gasteiger partial charge is 0.203 e. The van der Waals surface area contributed by atoms with Gasteiger partial charge >= 0.3 is 0 Å². The van der Waals surface area contributed by atoms with Gasteiger partial charge in [0, 0.05) is 16.7 Å². The number of carbonyl (C=O) groups is 1. The minimum atomic E-state index is -0.517. The fourth-order valence-electron chi connectivity index (χ4n) is 10.9. The highest BCUT2D eigenvalue weighted by Crippen LogP contribution is 2.75. The van der Waals surface area contributed by atoms with E-state index in [1.54, 1.807) is 0 Å². The predicted molar refractivity (Wildman–Crippen MR) is 155 cm³/mol. The van der Waals surface area contributed by atoms with Gasteiger partial charge in [-0.3, -0.25) is 4.79 Å². The second-order valence-electron chi connectivity index (χ2n) is 16.1.